The van der Waals surface area contributed by atoms with Gasteiger partial charge in [-0.3, -0.25) is 0 Å². The lowest BCUT2D eigenvalue weighted by atomic mass is 9.87. The predicted octanol–water partition coefficient (Wildman–Crippen LogP) is 3.79. The Hall–Kier alpha value is -0.820. The van der Waals surface area contributed by atoms with Gasteiger partial charge in [-0.05, 0) is 43.4 Å². The molecule has 1 rings (SSSR count). The van der Waals surface area contributed by atoms with Crippen LogP contribution >= 0.6 is 0 Å². The standard InChI is InChI=1S/C15H24O/c1-5-9-15(16,6-2)11-14-8-7-12(3)13(4)10-14/h7-8,10,16H,5-6,9,11H2,1-4H3. The molecule has 1 aromatic rings. The molecular formula is C15H24O. The summed E-state index contributed by atoms with van der Waals surface area (Å²) in [5.41, 5.74) is 3.36. The van der Waals surface area contributed by atoms with Crippen LogP contribution in [-0.4, -0.2) is 10.7 Å². The van der Waals surface area contributed by atoms with Gasteiger partial charge in [0.15, 0.2) is 0 Å². The van der Waals surface area contributed by atoms with Crippen LogP contribution in [-0.2, 0) is 6.42 Å². The number of hydrogen-bond acceptors (Lipinski definition) is 1. The van der Waals surface area contributed by atoms with Gasteiger partial charge in [-0.25, -0.2) is 0 Å². The van der Waals surface area contributed by atoms with E-state index in [0.29, 0.717) is 0 Å². The molecule has 0 aliphatic carbocycles. The molecule has 0 bridgehead atoms. The quantitative estimate of drug-likeness (QED) is 0.800. The topological polar surface area (TPSA) is 20.2 Å². The van der Waals surface area contributed by atoms with Crippen LogP contribution in [0.4, 0.5) is 0 Å². The molecule has 1 nitrogen and oxygen atoms in total. The Kier molecular flexibility index (Phi) is 4.55. The molecule has 1 heteroatoms. The Bertz CT molecular complexity index is 343. The van der Waals surface area contributed by atoms with E-state index in [1.165, 1.54) is 16.7 Å². The monoisotopic (exact) mass is 220 g/mol. The maximum atomic E-state index is 10.4. The molecular weight excluding hydrogens is 196 g/mol. The minimum Gasteiger partial charge on any atom is -0.390 e. The molecule has 0 spiro atoms. The smallest absolute Gasteiger partial charge is 0.0685 e. The summed E-state index contributed by atoms with van der Waals surface area (Å²) in [7, 11) is 0. The van der Waals surface area contributed by atoms with Crippen molar-refractivity contribution in [2.45, 2.75) is 59.0 Å². The zero-order valence-corrected chi connectivity index (χ0v) is 11.0. The first-order valence-corrected chi connectivity index (χ1v) is 6.29. The van der Waals surface area contributed by atoms with E-state index in [1.54, 1.807) is 0 Å². The third-order valence-electron chi connectivity index (χ3n) is 3.48. The summed E-state index contributed by atoms with van der Waals surface area (Å²) in [5, 5.41) is 10.4. The molecule has 0 radical (unpaired) electrons. The second kappa shape index (κ2) is 5.49. The van der Waals surface area contributed by atoms with E-state index in [-0.39, 0.29) is 0 Å². The molecule has 0 saturated heterocycles. The van der Waals surface area contributed by atoms with Crippen LogP contribution in [0.2, 0.25) is 0 Å². The van der Waals surface area contributed by atoms with Gasteiger partial charge in [0.05, 0.1) is 5.60 Å². The summed E-state index contributed by atoms with van der Waals surface area (Å²) in [6.45, 7) is 8.44. The van der Waals surface area contributed by atoms with Crippen molar-refractivity contribution >= 4 is 0 Å². The molecule has 0 aliphatic heterocycles. The highest BCUT2D eigenvalue weighted by Gasteiger charge is 2.23. The summed E-state index contributed by atoms with van der Waals surface area (Å²) in [6, 6.07) is 6.48. The van der Waals surface area contributed by atoms with Crippen molar-refractivity contribution in [3.63, 3.8) is 0 Å². The minimum atomic E-state index is -0.517. The van der Waals surface area contributed by atoms with Gasteiger partial charge in [0.2, 0.25) is 0 Å². The second-order valence-electron chi connectivity index (χ2n) is 4.92. The Labute approximate surface area is 99.5 Å². The molecule has 0 fully saturated rings. The normalized spacial score (nSPS) is 14.8. The fourth-order valence-corrected chi connectivity index (χ4v) is 2.15. The third kappa shape index (κ3) is 3.34. The SMILES string of the molecule is CCCC(O)(CC)Cc1ccc(C)c(C)c1. The van der Waals surface area contributed by atoms with Crippen LogP contribution in [0.5, 0.6) is 0 Å². The Morgan fingerprint density at radius 2 is 1.81 bits per heavy atom. The third-order valence-corrected chi connectivity index (χ3v) is 3.48. The maximum Gasteiger partial charge on any atom is 0.0685 e. The fourth-order valence-electron chi connectivity index (χ4n) is 2.15. The number of aliphatic hydroxyl groups is 1. The first kappa shape index (κ1) is 13.2. The molecule has 16 heavy (non-hydrogen) atoms. The van der Waals surface area contributed by atoms with Gasteiger partial charge >= 0.3 is 0 Å². The van der Waals surface area contributed by atoms with Gasteiger partial charge in [-0.2, -0.15) is 0 Å². The van der Waals surface area contributed by atoms with Crippen molar-refractivity contribution in [1.29, 1.82) is 0 Å². The first-order valence-electron chi connectivity index (χ1n) is 6.29. The number of hydrogen-bond donors (Lipinski definition) is 1. The van der Waals surface area contributed by atoms with Crippen molar-refractivity contribution in [3.8, 4) is 0 Å². The average Bonchev–Trinajstić information content (AvgIpc) is 2.24. The van der Waals surface area contributed by atoms with Gasteiger partial charge < -0.3 is 5.11 Å². The molecule has 0 amide bonds. The van der Waals surface area contributed by atoms with E-state index >= 15 is 0 Å². The molecule has 0 saturated carbocycles. The Balaban J connectivity index is 2.81. The van der Waals surface area contributed by atoms with Crippen molar-refractivity contribution < 1.29 is 5.11 Å². The molecule has 0 heterocycles. The van der Waals surface area contributed by atoms with Crippen molar-refractivity contribution in [3.05, 3.63) is 34.9 Å². The number of benzene rings is 1. The highest BCUT2D eigenvalue weighted by Crippen LogP contribution is 2.23. The average molecular weight is 220 g/mol. The summed E-state index contributed by atoms with van der Waals surface area (Å²) in [5.74, 6) is 0. The lowest BCUT2D eigenvalue weighted by Gasteiger charge is -2.26. The molecule has 0 aromatic heterocycles. The number of rotatable bonds is 5. The first-order chi connectivity index (χ1) is 7.50. The van der Waals surface area contributed by atoms with Crippen molar-refractivity contribution in [2.75, 3.05) is 0 Å². The largest absolute Gasteiger partial charge is 0.390 e. The van der Waals surface area contributed by atoms with Crippen LogP contribution in [0.1, 0.15) is 49.8 Å². The fraction of sp³-hybridized carbons (Fsp3) is 0.600. The summed E-state index contributed by atoms with van der Waals surface area (Å²) >= 11 is 0. The Morgan fingerprint density at radius 1 is 1.12 bits per heavy atom. The molecule has 1 atom stereocenters. The maximum absolute atomic E-state index is 10.4. The summed E-state index contributed by atoms with van der Waals surface area (Å²) < 4.78 is 0. The van der Waals surface area contributed by atoms with Crippen molar-refractivity contribution in [1.82, 2.24) is 0 Å². The van der Waals surface area contributed by atoms with Crippen LogP contribution in [0.25, 0.3) is 0 Å². The lowest BCUT2D eigenvalue weighted by Crippen LogP contribution is -2.30. The van der Waals surface area contributed by atoms with Gasteiger partial charge in [0.1, 0.15) is 0 Å². The van der Waals surface area contributed by atoms with E-state index in [0.717, 1.165) is 25.7 Å². The van der Waals surface area contributed by atoms with E-state index in [4.69, 9.17) is 0 Å². The summed E-state index contributed by atoms with van der Waals surface area (Å²) in [6.07, 6.45) is 3.53. The van der Waals surface area contributed by atoms with Crippen LogP contribution in [0.3, 0.4) is 0 Å². The highest BCUT2D eigenvalue weighted by atomic mass is 16.3. The molecule has 90 valence electrons. The van der Waals surface area contributed by atoms with Crippen molar-refractivity contribution in [2.24, 2.45) is 0 Å². The van der Waals surface area contributed by atoms with E-state index in [9.17, 15) is 5.11 Å². The molecule has 0 aliphatic rings. The Morgan fingerprint density at radius 3 is 2.31 bits per heavy atom. The zero-order chi connectivity index (χ0) is 12.2. The molecule has 1 N–H and O–H groups in total. The second-order valence-corrected chi connectivity index (χ2v) is 4.92. The zero-order valence-electron chi connectivity index (χ0n) is 11.0. The predicted molar refractivity (Wildman–Crippen MR) is 69.8 cm³/mol. The lowest BCUT2D eigenvalue weighted by molar-refractivity contribution is 0.0271. The van der Waals surface area contributed by atoms with E-state index in [2.05, 4.69) is 45.9 Å². The summed E-state index contributed by atoms with van der Waals surface area (Å²) in [4.78, 5) is 0. The highest BCUT2D eigenvalue weighted by molar-refractivity contribution is 5.30. The molecule has 1 unspecified atom stereocenters. The van der Waals surface area contributed by atoms with Crippen LogP contribution in [0, 0.1) is 13.8 Å². The van der Waals surface area contributed by atoms with Crippen LogP contribution in [0.15, 0.2) is 18.2 Å². The van der Waals surface area contributed by atoms with E-state index in [1.807, 2.05) is 0 Å². The van der Waals surface area contributed by atoms with Crippen LogP contribution < -0.4 is 0 Å². The number of aryl methyl sites for hydroxylation is 2. The van der Waals surface area contributed by atoms with Gasteiger partial charge in [0, 0.05) is 6.42 Å². The van der Waals surface area contributed by atoms with E-state index < -0.39 is 5.60 Å². The van der Waals surface area contributed by atoms with Gasteiger partial charge in [-0.1, -0.05) is 38.5 Å². The van der Waals surface area contributed by atoms with Gasteiger partial charge in [-0.15, -0.1) is 0 Å². The minimum absolute atomic E-state index is 0.517. The molecule has 1 aromatic carbocycles. The van der Waals surface area contributed by atoms with Gasteiger partial charge in [0.25, 0.3) is 0 Å².